The van der Waals surface area contributed by atoms with Crippen LogP contribution in [0.3, 0.4) is 0 Å². The fourth-order valence-electron chi connectivity index (χ4n) is 2.02. The third-order valence-corrected chi connectivity index (χ3v) is 4.99. The molecule has 0 fully saturated rings. The molecular formula is C13H20ClFN2O2S. The van der Waals surface area contributed by atoms with Crippen LogP contribution >= 0.6 is 11.6 Å². The third-order valence-electron chi connectivity index (χ3n) is 2.89. The molecule has 0 atom stereocenters. The zero-order valence-corrected chi connectivity index (χ0v) is 13.4. The Bertz CT molecular complexity index is 588. The number of nitrogens with two attached hydrogens (primary N) is 1. The molecule has 0 aliphatic heterocycles. The SMILES string of the molecule is CCCC(C)(C)NS(=O)(=O)c1cc(F)c(Cl)c(CN)c1. The van der Waals surface area contributed by atoms with Gasteiger partial charge in [0.2, 0.25) is 10.0 Å². The van der Waals surface area contributed by atoms with Crippen molar-refractivity contribution in [3.8, 4) is 0 Å². The summed E-state index contributed by atoms with van der Waals surface area (Å²) in [6, 6.07) is 2.21. The van der Waals surface area contributed by atoms with Gasteiger partial charge in [-0.1, -0.05) is 24.9 Å². The van der Waals surface area contributed by atoms with Gasteiger partial charge in [0.1, 0.15) is 5.82 Å². The average molecular weight is 323 g/mol. The number of hydrogen-bond acceptors (Lipinski definition) is 3. The van der Waals surface area contributed by atoms with E-state index in [4.69, 9.17) is 17.3 Å². The standard InChI is InChI=1S/C13H20ClFN2O2S/c1-4-5-13(2,3)17-20(18,19)10-6-9(8-16)12(14)11(15)7-10/h6-7,17H,4-5,8,16H2,1-3H3. The largest absolute Gasteiger partial charge is 0.326 e. The van der Waals surface area contributed by atoms with Crippen molar-refractivity contribution < 1.29 is 12.8 Å². The normalized spacial score (nSPS) is 12.7. The van der Waals surface area contributed by atoms with Gasteiger partial charge in [0.15, 0.2) is 0 Å². The number of halogens is 2. The van der Waals surface area contributed by atoms with Crippen LogP contribution in [0.2, 0.25) is 5.02 Å². The van der Waals surface area contributed by atoms with Crippen molar-refractivity contribution in [2.24, 2.45) is 5.73 Å². The number of nitrogens with one attached hydrogen (secondary N) is 1. The molecule has 3 N–H and O–H groups in total. The van der Waals surface area contributed by atoms with Crippen LogP contribution in [0.1, 0.15) is 39.2 Å². The zero-order valence-electron chi connectivity index (χ0n) is 11.8. The van der Waals surface area contributed by atoms with Gasteiger partial charge in [-0.25, -0.2) is 17.5 Å². The molecule has 0 bridgehead atoms. The van der Waals surface area contributed by atoms with Gasteiger partial charge < -0.3 is 5.73 Å². The minimum absolute atomic E-state index is 0.0303. The predicted octanol–water partition coefficient (Wildman–Crippen LogP) is 2.79. The molecule has 0 unspecified atom stereocenters. The van der Waals surface area contributed by atoms with Gasteiger partial charge in [-0.05, 0) is 38.0 Å². The Morgan fingerprint density at radius 3 is 2.50 bits per heavy atom. The number of hydrogen-bond donors (Lipinski definition) is 2. The molecule has 7 heteroatoms. The summed E-state index contributed by atoms with van der Waals surface area (Å²) in [6.45, 7) is 5.50. The van der Waals surface area contributed by atoms with Crippen LogP contribution in [0.25, 0.3) is 0 Å². The van der Waals surface area contributed by atoms with E-state index in [-0.39, 0.29) is 22.0 Å². The summed E-state index contributed by atoms with van der Waals surface area (Å²) in [4.78, 5) is -0.163. The van der Waals surface area contributed by atoms with E-state index >= 15 is 0 Å². The Labute approximate surface area is 124 Å². The highest BCUT2D eigenvalue weighted by molar-refractivity contribution is 7.89. The fourth-order valence-corrected chi connectivity index (χ4v) is 3.71. The first-order valence-electron chi connectivity index (χ1n) is 6.35. The third kappa shape index (κ3) is 4.15. The molecule has 0 saturated carbocycles. The van der Waals surface area contributed by atoms with E-state index in [0.717, 1.165) is 12.5 Å². The van der Waals surface area contributed by atoms with Crippen molar-refractivity contribution in [2.75, 3.05) is 0 Å². The zero-order chi connectivity index (χ0) is 15.6. The molecule has 1 aromatic rings. The second kappa shape index (κ2) is 6.39. The van der Waals surface area contributed by atoms with E-state index in [2.05, 4.69) is 4.72 Å². The second-order valence-corrected chi connectivity index (χ2v) is 7.38. The topological polar surface area (TPSA) is 72.2 Å². The highest BCUT2D eigenvalue weighted by Gasteiger charge is 2.26. The van der Waals surface area contributed by atoms with Crippen LogP contribution in [0.4, 0.5) is 4.39 Å². The molecule has 0 spiro atoms. The highest BCUT2D eigenvalue weighted by Crippen LogP contribution is 2.25. The van der Waals surface area contributed by atoms with Gasteiger partial charge in [-0.2, -0.15) is 0 Å². The van der Waals surface area contributed by atoms with Crippen molar-refractivity contribution in [3.05, 3.63) is 28.5 Å². The average Bonchev–Trinajstić information content (AvgIpc) is 2.30. The minimum atomic E-state index is -3.82. The fraction of sp³-hybridized carbons (Fsp3) is 0.538. The monoisotopic (exact) mass is 322 g/mol. The lowest BCUT2D eigenvalue weighted by atomic mass is 10.0. The van der Waals surface area contributed by atoms with E-state index in [1.807, 2.05) is 6.92 Å². The molecule has 0 aromatic heterocycles. The van der Waals surface area contributed by atoms with Crippen LogP contribution in [0.5, 0.6) is 0 Å². The van der Waals surface area contributed by atoms with Crippen molar-refractivity contribution in [3.63, 3.8) is 0 Å². The molecule has 0 amide bonds. The van der Waals surface area contributed by atoms with Gasteiger partial charge >= 0.3 is 0 Å². The first-order chi connectivity index (χ1) is 9.13. The Kier molecular flexibility index (Phi) is 5.54. The van der Waals surface area contributed by atoms with Gasteiger partial charge in [-0.3, -0.25) is 0 Å². The van der Waals surface area contributed by atoms with Crippen molar-refractivity contribution in [1.29, 1.82) is 0 Å². The molecule has 0 radical (unpaired) electrons. The Morgan fingerprint density at radius 2 is 2.00 bits per heavy atom. The summed E-state index contributed by atoms with van der Waals surface area (Å²) in [7, 11) is -3.82. The lowest BCUT2D eigenvalue weighted by molar-refractivity contribution is 0.417. The smallest absolute Gasteiger partial charge is 0.241 e. The lowest BCUT2D eigenvalue weighted by Gasteiger charge is -2.25. The van der Waals surface area contributed by atoms with Gasteiger partial charge in [0, 0.05) is 12.1 Å². The summed E-state index contributed by atoms with van der Waals surface area (Å²) in [5.41, 5.74) is 5.10. The summed E-state index contributed by atoms with van der Waals surface area (Å²) in [5.74, 6) is -0.789. The quantitative estimate of drug-likeness (QED) is 0.846. The molecule has 20 heavy (non-hydrogen) atoms. The van der Waals surface area contributed by atoms with Crippen molar-refractivity contribution in [2.45, 2.75) is 50.6 Å². The Morgan fingerprint density at radius 1 is 1.40 bits per heavy atom. The maximum Gasteiger partial charge on any atom is 0.241 e. The van der Waals surface area contributed by atoms with Crippen molar-refractivity contribution in [1.82, 2.24) is 4.72 Å². The molecule has 114 valence electrons. The summed E-state index contributed by atoms with van der Waals surface area (Å²) >= 11 is 5.73. The summed E-state index contributed by atoms with van der Waals surface area (Å²) in [6.07, 6.45) is 1.50. The number of rotatable bonds is 6. The minimum Gasteiger partial charge on any atom is -0.326 e. The molecule has 0 aliphatic carbocycles. The van der Waals surface area contributed by atoms with Gasteiger partial charge in [-0.15, -0.1) is 0 Å². The van der Waals surface area contributed by atoms with Crippen LogP contribution in [-0.4, -0.2) is 14.0 Å². The number of sulfonamides is 1. The lowest BCUT2D eigenvalue weighted by Crippen LogP contribution is -2.43. The maximum absolute atomic E-state index is 13.7. The molecule has 0 aliphatic rings. The molecule has 1 rings (SSSR count). The van der Waals surface area contributed by atoms with E-state index in [9.17, 15) is 12.8 Å². The maximum atomic E-state index is 13.7. The van der Waals surface area contributed by atoms with Crippen LogP contribution in [0, 0.1) is 5.82 Å². The number of benzene rings is 1. The van der Waals surface area contributed by atoms with E-state index < -0.39 is 21.4 Å². The predicted molar refractivity (Wildman–Crippen MR) is 78.6 cm³/mol. The second-order valence-electron chi connectivity index (χ2n) is 5.32. The molecule has 0 heterocycles. The van der Waals surface area contributed by atoms with Gasteiger partial charge in [0.25, 0.3) is 0 Å². The van der Waals surface area contributed by atoms with Crippen LogP contribution in [0.15, 0.2) is 17.0 Å². The molecule has 1 aromatic carbocycles. The molecular weight excluding hydrogens is 303 g/mol. The summed E-state index contributed by atoms with van der Waals surface area (Å²) in [5, 5.41) is -0.140. The molecule has 4 nitrogen and oxygen atoms in total. The Balaban J connectivity index is 3.20. The first-order valence-corrected chi connectivity index (χ1v) is 8.21. The highest BCUT2D eigenvalue weighted by atomic mass is 35.5. The van der Waals surface area contributed by atoms with E-state index in [0.29, 0.717) is 6.42 Å². The molecule has 0 saturated heterocycles. The van der Waals surface area contributed by atoms with E-state index in [1.165, 1.54) is 6.07 Å². The van der Waals surface area contributed by atoms with Crippen molar-refractivity contribution >= 4 is 21.6 Å². The van der Waals surface area contributed by atoms with Gasteiger partial charge in [0.05, 0.1) is 9.92 Å². The first kappa shape index (κ1) is 17.4. The summed E-state index contributed by atoms with van der Waals surface area (Å²) < 4.78 is 40.8. The van der Waals surface area contributed by atoms with E-state index in [1.54, 1.807) is 13.8 Å². The Hall–Kier alpha value is -0.690. The van der Waals surface area contributed by atoms with Crippen LogP contribution in [-0.2, 0) is 16.6 Å². The van der Waals surface area contributed by atoms with Crippen LogP contribution < -0.4 is 10.5 Å².